The number of amides is 4. The average Bonchev–Trinajstić information content (AvgIpc) is 3.12. The van der Waals surface area contributed by atoms with E-state index in [-0.39, 0.29) is 24.4 Å². The third kappa shape index (κ3) is 2.99. The molecule has 4 amide bonds. The van der Waals surface area contributed by atoms with Gasteiger partial charge in [0.25, 0.3) is 5.91 Å². The number of carbonyl (C=O) groups excluding carboxylic acids is 3. The third-order valence-electron chi connectivity index (χ3n) is 6.37. The first-order valence-electron chi connectivity index (χ1n) is 10.1. The Morgan fingerprint density at radius 2 is 1.66 bits per heavy atom. The lowest BCUT2D eigenvalue weighted by Gasteiger charge is -2.34. The van der Waals surface area contributed by atoms with Crippen molar-refractivity contribution in [2.24, 2.45) is 0 Å². The molecule has 0 aromatic heterocycles. The largest absolute Gasteiger partial charge is 0.331 e. The van der Waals surface area contributed by atoms with Crippen molar-refractivity contribution < 1.29 is 14.4 Å². The molecule has 6 nitrogen and oxygen atoms in total. The second kappa shape index (κ2) is 6.72. The summed E-state index contributed by atoms with van der Waals surface area (Å²) in [5.41, 5.74) is 5.08. The van der Waals surface area contributed by atoms with Crippen LogP contribution in [0.5, 0.6) is 0 Å². The number of hydrogen-bond acceptors (Lipinski definition) is 3. The number of hydrogen-bond donors (Lipinski definition) is 0. The predicted molar refractivity (Wildman–Crippen MR) is 108 cm³/mol. The molecular formula is C23H23N3O3. The molecule has 0 unspecified atom stereocenters. The van der Waals surface area contributed by atoms with Crippen molar-refractivity contribution >= 4 is 17.8 Å². The summed E-state index contributed by atoms with van der Waals surface area (Å²) in [4.78, 5) is 41.1. The maximum absolute atomic E-state index is 12.6. The second-order valence-electron chi connectivity index (χ2n) is 8.18. The normalized spacial score (nSPS) is 19.2. The van der Waals surface area contributed by atoms with Crippen LogP contribution in [-0.2, 0) is 17.9 Å². The van der Waals surface area contributed by atoms with E-state index in [0.717, 1.165) is 45.6 Å². The molecule has 2 aromatic rings. The van der Waals surface area contributed by atoms with Gasteiger partial charge in [-0.15, -0.1) is 0 Å². The van der Waals surface area contributed by atoms with Gasteiger partial charge in [0.15, 0.2) is 0 Å². The number of fused-ring (bicyclic) bond motifs is 1. The van der Waals surface area contributed by atoms with Gasteiger partial charge in [-0.1, -0.05) is 30.3 Å². The molecule has 3 aliphatic rings. The molecule has 29 heavy (non-hydrogen) atoms. The minimum Gasteiger partial charge on any atom is -0.331 e. The van der Waals surface area contributed by atoms with Gasteiger partial charge in [0, 0.05) is 31.7 Å². The van der Waals surface area contributed by atoms with E-state index in [4.69, 9.17) is 0 Å². The lowest BCUT2D eigenvalue weighted by atomic mass is 9.92. The molecule has 6 heteroatoms. The Labute approximate surface area is 169 Å². The molecule has 2 aromatic carbocycles. The number of urea groups is 1. The van der Waals surface area contributed by atoms with Gasteiger partial charge in [-0.05, 0) is 53.6 Å². The molecule has 1 saturated heterocycles. The fourth-order valence-electron chi connectivity index (χ4n) is 4.32. The van der Waals surface area contributed by atoms with Gasteiger partial charge in [-0.3, -0.25) is 14.5 Å². The van der Waals surface area contributed by atoms with Crippen molar-refractivity contribution in [1.29, 1.82) is 0 Å². The van der Waals surface area contributed by atoms with Gasteiger partial charge in [0.2, 0.25) is 5.91 Å². The third-order valence-corrected chi connectivity index (χ3v) is 6.37. The monoisotopic (exact) mass is 389 g/mol. The first-order chi connectivity index (χ1) is 14.0. The molecule has 0 bridgehead atoms. The van der Waals surface area contributed by atoms with Crippen LogP contribution in [-0.4, -0.2) is 52.2 Å². The smallest absolute Gasteiger partial charge is 0.327 e. The van der Waals surface area contributed by atoms with Crippen molar-refractivity contribution in [3.05, 3.63) is 59.2 Å². The van der Waals surface area contributed by atoms with Crippen LogP contribution in [0.2, 0.25) is 0 Å². The SMILES string of the molecule is CN1C(=O)CN(Cc2ccc(-c3ccc4c(c3)CN(C3CCC3)C4=O)cc2)C1=O. The maximum Gasteiger partial charge on any atom is 0.327 e. The topological polar surface area (TPSA) is 60.9 Å². The van der Waals surface area contributed by atoms with Crippen molar-refractivity contribution in [1.82, 2.24) is 14.7 Å². The molecule has 1 aliphatic carbocycles. The van der Waals surface area contributed by atoms with Crippen LogP contribution in [0.15, 0.2) is 42.5 Å². The molecule has 0 spiro atoms. The minimum absolute atomic E-state index is 0.132. The quantitative estimate of drug-likeness (QED) is 0.754. The fourth-order valence-corrected chi connectivity index (χ4v) is 4.32. The number of carbonyl (C=O) groups is 3. The van der Waals surface area contributed by atoms with Crippen LogP contribution in [0.3, 0.4) is 0 Å². The van der Waals surface area contributed by atoms with Crippen molar-refractivity contribution in [2.45, 2.75) is 38.4 Å². The maximum atomic E-state index is 12.6. The highest BCUT2D eigenvalue weighted by Gasteiger charge is 2.35. The summed E-state index contributed by atoms with van der Waals surface area (Å²) in [6.45, 7) is 1.26. The number of imide groups is 1. The average molecular weight is 389 g/mol. The van der Waals surface area contributed by atoms with E-state index in [0.29, 0.717) is 19.1 Å². The van der Waals surface area contributed by atoms with Gasteiger partial charge in [0.05, 0.1) is 0 Å². The lowest BCUT2D eigenvalue weighted by Crippen LogP contribution is -2.40. The van der Waals surface area contributed by atoms with Crippen LogP contribution < -0.4 is 0 Å². The summed E-state index contributed by atoms with van der Waals surface area (Å²) in [6, 6.07) is 14.3. The van der Waals surface area contributed by atoms with Gasteiger partial charge in [-0.25, -0.2) is 4.79 Å². The Morgan fingerprint density at radius 1 is 0.931 bits per heavy atom. The molecule has 148 valence electrons. The van der Waals surface area contributed by atoms with Crippen LogP contribution in [0.1, 0.15) is 40.7 Å². The number of benzene rings is 2. The summed E-state index contributed by atoms with van der Waals surface area (Å²) in [6.07, 6.45) is 3.46. The summed E-state index contributed by atoms with van der Waals surface area (Å²) in [7, 11) is 1.51. The van der Waals surface area contributed by atoms with Gasteiger partial charge in [-0.2, -0.15) is 0 Å². The minimum atomic E-state index is -0.251. The zero-order valence-corrected chi connectivity index (χ0v) is 16.4. The fraction of sp³-hybridized carbons (Fsp3) is 0.348. The summed E-state index contributed by atoms with van der Waals surface area (Å²) < 4.78 is 0. The Bertz CT molecular complexity index is 1010. The van der Waals surface area contributed by atoms with Crippen LogP contribution >= 0.6 is 0 Å². The standard InChI is InChI=1S/C23H23N3O3/c1-24-21(27)14-25(23(24)29)12-15-5-7-16(8-6-15)17-9-10-20-18(11-17)13-26(22(20)28)19-3-2-4-19/h5-11,19H,2-4,12-14H2,1H3. The molecular weight excluding hydrogens is 366 g/mol. The predicted octanol–water partition coefficient (Wildman–Crippen LogP) is 3.26. The molecule has 0 radical (unpaired) electrons. The van der Waals surface area contributed by atoms with Crippen LogP contribution in [0.25, 0.3) is 11.1 Å². The first kappa shape index (κ1) is 17.9. The molecule has 2 heterocycles. The van der Waals surface area contributed by atoms with Crippen molar-refractivity contribution in [3.8, 4) is 11.1 Å². The highest BCUT2D eigenvalue weighted by Crippen LogP contribution is 2.34. The highest BCUT2D eigenvalue weighted by atomic mass is 16.2. The molecule has 5 rings (SSSR count). The summed E-state index contributed by atoms with van der Waals surface area (Å²) in [5, 5.41) is 0. The molecule has 0 atom stereocenters. The summed E-state index contributed by atoms with van der Waals surface area (Å²) >= 11 is 0. The van der Waals surface area contributed by atoms with E-state index < -0.39 is 0 Å². The molecule has 0 N–H and O–H groups in total. The van der Waals surface area contributed by atoms with E-state index in [2.05, 4.69) is 6.07 Å². The van der Waals surface area contributed by atoms with E-state index in [1.54, 1.807) is 4.90 Å². The zero-order valence-electron chi connectivity index (χ0n) is 16.4. The second-order valence-corrected chi connectivity index (χ2v) is 8.18. The summed E-state index contributed by atoms with van der Waals surface area (Å²) in [5.74, 6) is -0.00311. The Morgan fingerprint density at radius 3 is 2.28 bits per heavy atom. The number of nitrogens with zero attached hydrogens (tertiary/aromatic N) is 3. The van der Waals surface area contributed by atoms with Crippen LogP contribution in [0, 0.1) is 0 Å². The van der Waals surface area contributed by atoms with E-state index in [1.807, 2.05) is 41.3 Å². The van der Waals surface area contributed by atoms with E-state index >= 15 is 0 Å². The van der Waals surface area contributed by atoms with Gasteiger partial charge >= 0.3 is 6.03 Å². The van der Waals surface area contributed by atoms with Gasteiger partial charge in [0.1, 0.15) is 6.54 Å². The Kier molecular flexibility index (Phi) is 4.15. The molecule has 2 aliphatic heterocycles. The number of likely N-dealkylation sites (N-methyl/N-ethyl adjacent to an activating group) is 1. The van der Waals surface area contributed by atoms with Gasteiger partial charge < -0.3 is 9.80 Å². The Balaban J connectivity index is 1.32. The molecule has 2 fully saturated rings. The van der Waals surface area contributed by atoms with Crippen LogP contribution in [0.4, 0.5) is 4.79 Å². The lowest BCUT2D eigenvalue weighted by molar-refractivity contribution is -0.124. The zero-order chi connectivity index (χ0) is 20.1. The Hall–Kier alpha value is -3.15. The number of rotatable bonds is 4. The first-order valence-corrected chi connectivity index (χ1v) is 10.1. The van der Waals surface area contributed by atoms with E-state index in [9.17, 15) is 14.4 Å². The van der Waals surface area contributed by atoms with Crippen molar-refractivity contribution in [3.63, 3.8) is 0 Å². The molecule has 1 saturated carbocycles. The van der Waals surface area contributed by atoms with Crippen molar-refractivity contribution in [2.75, 3.05) is 13.6 Å². The highest BCUT2D eigenvalue weighted by molar-refractivity contribution is 6.01. The van der Waals surface area contributed by atoms with E-state index in [1.165, 1.54) is 13.5 Å².